The Kier molecular flexibility index (Phi) is 9.11. The Morgan fingerprint density at radius 2 is 1.92 bits per heavy atom. The number of aryl methyl sites for hydroxylation is 1. The van der Waals surface area contributed by atoms with E-state index < -0.39 is 0 Å². The van der Waals surface area contributed by atoms with Gasteiger partial charge in [-0.25, -0.2) is 0 Å². The van der Waals surface area contributed by atoms with Crippen molar-refractivity contribution >= 4 is 39.9 Å². The lowest BCUT2D eigenvalue weighted by Crippen LogP contribution is -2.39. The van der Waals surface area contributed by atoms with E-state index >= 15 is 0 Å². The number of nitrogens with one attached hydrogen (secondary N) is 1. The molecule has 0 spiro atoms. The van der Waals surface area contributed by atoms with E-state index in [9.17, 15) is 9.59 Å². The molecule has 8 heteroatoms. The fraction of sp³-hybridized carbons (Fsp3) is 0.448. The molecule has 1 amide bonds. The fourth-order valence-electron chi connectivity index (χ4n) is 5.10. The molecule has 198 valence electrons. The smallest absolute Gasteiger partial charge is 0.255 e. The molecule has 37 heavy (non-hydrogen) atoms. The van der Waals surface area contributed by atoms with Crippen molar-refractivity contribution in [3.63, 3.8) is 0 Å². The number of unbranched alkanes of at least 4 members (excludes halogenated alkanes) is 2. The number of ether oxygens (including phenoxy) is 1. The summed E-state index contributed by atoms with van der Waals surface area (Å²) in [4.78, 5) is 27.9. The molecule has 1 saturated heterocycles. The molecule has 4 rings (SSSR count). The van der Waals surface area contributed by atoms with Gasteiger partial charge in [-0.15, -0.1) is 0 Å². The quantitative estimate of drug-likeness (QED) is 0.184. The average Bonchev–Trinajstić information content (AvgIpc) is 3.24. The lowest BCUT2D eigenvalue weighted by Gasteiger charge is -2.32. The van der Waals surface area contributed by atoms with Gasteiger partial charge in [0.05, 0.1) is 28.9 Å². The molecule has 0 radical (unpaired) electrons. The van der Waals surface area contributed by atoms with Crippen LogP contribution in [0.15, 0.2) is 40.8 Å². The third-order valence-electron chi connectivity index (χ3n) is 7.25. The Hall–Kier alpha value is -3.03. The number of carbonyl (C=O) groups excluding carboxylic acids is 2. The second-order valence-electron chi connectivity index (χ2n) is 9.83. The number of rotatable bonds is 11. The van der Waals surface area contributed by atoms with Gasteiger partial charge in [0.1, 0.15) is 17.1 Å². The zero-order valence-corrected chi connectivity index (χ0v) is 22.4. The van der Waals surface area contributed by atoms with E-state index in [0.717, 1.165) is 68.3 Å². The molecule has 3 N–H and O–H groups in total. The van der Waals surface area contributed by atoms with Crippen LogP contribution >= 0.6 is 11.6 Å². The van der Waals surface area contributed by atoms with Crippen LogP contribution in [-0.2, 0) is 0 Å². The Morgan fingerprint density at radius 3 is 2.68 bits per heavy atom. The number of hydrogen-bond donors (Lipinski definition) is 2. The van der Waals surface area contributed by atoms with Crippen LogP contribution < -0.4 is 15.8 Å². The van der Waals surface area contributed by atoms with Gasteiger partial charge in [0.25, 0.3) is 5.91 Å². The first-order valence-corrected chi connectivity index (χ1v) is 13.4. The second-order valence-corrected chi connectivity index (χ2v) is 10.2. The molecule has 0 unspecified atom stereocenters. The third-order valence-corrected chi connectivity index (χ3v) is 7.58. The number of carbonyl (C=O) groups is 2. The number of likely N-dealkylation sites (tertiary alicyclic amines) is 1. The van der Waals surface area contributed by atoms with E-state index in [1.165, 1.54) is 7.11 Å². The summed E-state index contributed by atoms with van der Waals surface area (Å²) in [5, 5.41) is 4.28. The molecule has 7 nitrogen and oxygen atoms in total. The number of nitrogens with two attached hydrogens (primary N) is 1. The molecular weight excluding hydrogens is 490 g/mol. The lowest BCUT2D eigenvalue weighted by molar-refractivity contribution is 0.0932. The first-order valence-electron chi connectivity index (χ1n) is 13.0. The van der Waals surface area contributed by atoms with Gasteiger partial charge in [-0.1, -0.05) is 36.2 Å². The zero-order valence-electron chi connectivity index (χ0n) is 21.6. The Bertz CT molecular complexity index is 1250. The third kappa shape index (κ3) is 6.65. The molecule has 3 aromatic rings. The number of methoxy groups -OCH3 is 1. The Labute approximate surface area is 223 Å². The van der Waals surface area contributed by atoms with Crippen LogP contribution in [0.1, 0.15) is 65.0 Å². The maximum Gasteiger partial charge on any atom is 0.255 e. The summed E-state index contributed by atoms with van der Waals surface area (Å²) in [5.41, 5.74) is 8.11. The van der Waals surface area contributed by atoms with Gasteiger partial charge >= 0.3 is 0 Å². The maximum absolute atomic E-state index is 12.8. The van der Waals surface area contributed by atoms with Crippen molar-refractivity contribution in [1.29, 1.82) is 0 Å². The molecule has 0 aliphatic carbocycles. The predicted molar refractivity (Wildman–Crippen MR) is 148 cm³/mol. The van der Waals surface area contributed by atoms with E-state index in [-0.39, 0.29) is 11.7 Å². The van der Waals surface area contributed by atoms with Crippen LogP contribution in [0.5, 0.6) is 5.75 Å². The number of para-hydroxylation sites is 1. The molecule has 0 bridgehead atoms. The van der Waals surface area contributed by atoms with Crippen molar-refractivity contribution in [3.05, 3.63) is 58.3 Å². The highest BCUT2D eigenvalue weighted by Crippen LogP contribution is 2.29. The number of anilines is 1. The number of furan rings is 1. The number of ketones is 1. The van der Waals surface area contributed by atoms with E-state index in [2.05, 4.69) is 10.2 Å². The molecule has 0 saturated carbocycles. The van der Waals surface area contributed by atoms with E-state index in [4.69, 9.17) is 26.5 Å². The van der Waals surface area contributed by atoms with Gasteiger partial charge in [0.2, 0.25) is 0 Å². The summed E-state index contributed by atoms with van der Waals surface area (Å²) in [6, 6.07) is 10.9. The molecule has 1 aromatic heterocycles. The highest BCUT2D eigenvalue weighted by atomic mass is 35.5. The number of Topliss-reactive ketones (excluding diaryl/α,β-unsaturated/α-hetero) is 1. The number of fused-ring (bicyclic) bond motifs is 1. The average molecular weight is 526 g/mol. The molecule has 0 atom stereocenters. The second kappa shape index (κ2) is 12.5. The Morgan fingerprint density at radius 1 is 1.16 bits per heavy atom. The molecule has 1 aliphatic rings. The monoisotopic (exact) mass is 525 g/mol. The first kappa shape index (κ1) is 27.0. The van der Waals surface area contributed by atoms with Gasteiger partial charge in [0.15, 0.2) is 5.78 Å². The van der Waals surface area contributed by atoms with Gasteiger partial charge in [-0.3, -0.25) is 9.59 Å². The summed E-state index contributed by atoms with van der Waals surface area (Å²) >= 11 is 6.09. The molecule has 2 heterocycles. The molecule has 1 aliphatic heterocycles. The maximum atomic E-state index is 12.8. The summed E-state index contributed by atoms with van der Waals surface area (Å²) in [7, 11) is 1.51. The summed E-state index contributed by atoms with van der Waals surface area (Å²) in [6.07, 6.45) is 5.64. The van der Waals surface area contributed by atoms with E-state index in [1.54, 1.807) is 12.1 Å². The number of piperidine rings is 1. The standard InChI is InChI=1S/C29H36ClN3O4/c1-19-28(21-8-5-6-10-26(21)37-19)25(34)9-4-3-7-13-33-14-11-20(12-15-33)18-32-29(35)22-16-23(30)24(31)17-27(22)36-2/h5-6,8,10,16-17,20H,3-4,7,9,11-15,18,31H2,1-2H3,(H,32,35). The van der Waals surface area contributed by atoms with Crippen molar-refractivity contribution in [2.75, 3.05) is 39.0 Å². The number of nitrogens with zero attached hydrogens (tertiary/aromatic N) is 1. The Balaban J connectivity index is 1.13. The van der Waals surface area contributed by atoms with Crippen LogP contribution in [0.4, 0.5) is 5.69 Å². The summed E-state index contributed by atoms with van der Waals surface area (Å²) in [5.74, 6) is 1.55. The zero-order chi connectivity index (χ0) is 26.4. The van der Waals surface area contributed by atoms with Gasteiger partial charge in [-0.2, -0.15) is 0 Å². The topological polar surface area (TPSA) is 97.8 Å². The predicted octanol–water partition coefficient (Wildman–Crippen LogP) is 5.87. The van der Waals surface area contributed by atoms with Crippen LogP contribution in [0.2, 0.25) is 5.02 Å². The van der Waals surface area contributed by atoms with Crippen LogP contribution in [0.25, 0.3) is 11.0 Å². The molecular formula is C29H36ClN3O4. The fourth-order valence-corrected chi connectivity index (χ4v) is 5.26. The highest BCUT2D eigenvalue weighted by Gasteiger charge is 2.22. The van der Waals surface area contributed by atoms with Gasteiger partial charge in [-0.05, 0) is 70.3 Å². The lowest BCUT2D eigenvalue weighted by atomic mass is 9.96. The van der Waals surface area contributed by atoms with Gasteiger partial charge in [0, 0.05) is 24.4 Å². The number of amides is 1. The van der Waals surface area contributed by atoms with Crippen molar-refractivity contribution in [1.82, 2.24) is 10.2 Å². The van der Waals surface area contributed by atoms with Crippen LogP contribution in [0, 0.1) is 12.8 Å². The minimum atomic E-state index is -0.200. The van der Waals surface area contributed by atoms with Crippen molar-refractivity contribution in [3.8, 4) is 5.75 Å². The normalized spacial score (nSPS) is 14.7. The molecule has 1 fully saturated rings. The minimum Gasteiger partial charge on any atom is -0.496 e. The summed E-state index contributed by atoms with van der Waals surface area (Å²) in [6.45, 7) is 5.59. The number of nitrogen functional groups attached to an aromatic ring is 1. The number of benzene rings is 2. The summed E-state index contributed by atoms with van der Waals surface area (Å²) < 4.78 is 11.0. The number of halogens is 1. The number of hydrogen-bond acceptors (Lipinski definition) is 6. The van der Waals surface area contributed by atoms with Crippen molar-refractivity contribution < 1.29 is 18.7 Å². The van der Waals surface area contributed by atoms with Crippen molar-refractivity contribution in [2.45, 2.75) is 45.4 Å². The molecule has 2 aromatic carbocycles. The van der Waals surface area contributed by atoms with Crippen LogP contribution in [-0.4, -0.2) is 49.9 Å². The first-order chi connectivity index (χ1) is 17.9. The minimum absolute atomic E-state index is 0.171. The SMILES string of the molecule is COc1cc(N)c(Cl)cc1C(=O)NCC1CCN(CCCCCC(=O)c2c(C)oc3ccccc23)CC1. The highest BCUT2D eigenvalue weighted by molar-refractivity contribution is 6.33. The largest absolute Gasteiger partial charge is 0.496 e. The van der Waals surface area contributed by atoms with E-state index in [0.29, 0.717) is 46.7 Å². The van der Waals surface area contributed by atoms with E-state index in [1.807, 2.05) is 31.2 Å². The van der Waals surface area contributed by atoms with Crippen LogP contribution in [0.3, 0.4) is 0 Å². The van der Waals surface area contributed by atoms with Crippen molar-refractivity contribution in [2.24, 2.45) is 5.92 Å². The van der Waals surface area contributed by atoms with Gasteiger partial charge < -0.3 is 25.1 Å².